The van der Waals surface area contributed by atoms with Gasteiger partial charge in [0.1, 0.15) is 25.2 Å². The minimum atomic E-state index is -0.256. The normalized spacial score (nSPS) is 10.9. The van der Waals surface area contributed by atoms with Crippen LogP contribution in [0.3, 0.4) is 0 Å². The van der Waals surface area contributed by atoms with Gasteiger partial charge in [0.05, 0.1) is 11.3 Å². The molecule has 0 saturated carbocycles. The van der Waals surface area contributed by atoms with Gasteiger partial charge in [-0.25, -0.2) is 4.98 Å². The highest BCUT2D eigenvalue weighted by Crippen LogP contribution is 2.29. The van der Waals surface area contributed by atoms with Crippen LogP contribution in [0.1, 0.15) is 15.9 Å². The van der Waals surface area contributed by atoms with Gasteiger partial charge in [-0.1, -0.05) is 72.3 Å². The summed E-state index contributed by atoms with van der Waals surface area (Å²) in [4.78, 5) is 18.0. The second-order valence-electron chi connectivity index (χ2n) is 9.49. The van der Waals surface area contributed by atoms with Crippen LogP contribution in [-0.4, -0.2) is 28.4 Å². The number of hydrogen-bond acceptors (Lipinski definition) is 5. The Bertz CT molecular complexity index is 1860. The Morgan fingerprint density at radius 1 is 0.902 bits per heavy atom. The van der Waals surface area contributed by atoms with Crippen molar-refractivity contribution >= 4 is 48.0 Å². The lowest BCUT2D eigenvalue weighted by Gasteiger charge is -2.13. The summed E-state index contributed by atoms with van der Waals surface area (Å²) in [6, 6.07) is 33.9. The van der Waals surface area contributed by atoms with Crippen molar-refractivity contribution in [3.05, 3.63) is 132 Å². The number of hydrogen-bond donors (Lipinski definition) is 2. The van der Waals surface area contributed by atoms with Crippen molar-refractivity contribution in [1.29, 1.82) is 0 Å². The molecule has 0 unspecified atom stereocenters. The summed E-state index contributed by atoms with van der Waals surface area (Å²) < 4.78 is 7.76. The van der Waals surface area contributed by atoms with Gasteiger partial charge >= 0.3 is 0 Å². The van der Waals surface area contributed by atoms with Crippen LogP contribution in [0, 0.1) is 0 Å². The number of benzene rings is 4. The minimum Gasteiger partial charge on any atom is -0.457 e. The lowest BCUT2D eigenvalue weighted by Crippen LogP contribution is -2.13. The molecule has 6 rings (SSSR count). The summed E-state index contributed by atoms with van der Waals surface area (Å²) >= 11 is 6.48. The second kappa shape index (κ2) is 11.6. The van der Waals surface area contributed by atoms with Gasteiger partial charge in [0.15, 0.2) is 5.65 Å². The van der Waals surface area contributed by atoms with Gasteiger partial charge in [0.25, 0.3) is 5.91 Å². The molecule has 2 N–H and O–H groups in total. The first-order valence-electron chi connectivity index (χ1n) is 13.1. The van der Waals surface area contributed by atoms with Gasteiger partial charge in [-0.15, -0.1) is 0 Å². The van der Waals surface area contributed by atoms with Crippen molar-refractivity contribution in [3.63, 3.8) is 0 Å². The highest BCUT2D eigenvalue weighted by atomic mass is 35.5. The number of aromatic nitrogens is 3. The Kier molecular flexibility index (Phi) is 7.39. The third kappa shape index (κ3) is 5.78. The number of amides is 1. The molecule has 4 aromatic carbocycles. The first-order valence-corrected chi connectivity index (χ1v) is 13.5. The van der Waals surface area contributed by atoms with E-state index in [1.807, 2.05) is 105 Å². The molecule has 1 amide bonds. The zero-order chi connectivity index (χ0) is 28.2. The summed E-state index contributed by atoms with van der Waals surface area (Å²) in [6.45, 7) is 0.497. The number of para-hydroxylation sites is 2. The van der Waals surface area contributed by atoms with Crippen LogP contribution in [0.25, 0.3) is 16.9 Å². The molecule has 2 aromatic heterocycles. The highest BCUT2D eigenvalue weighted by molar-refractivity contribution is 6.36. The van der Waals surface area contributed by atoms with E-state index in [0.717, 1.165) is 33.7 Å². The van der Waals surface area contributed by atoms with E-state index in [1.54, 1.807) is 22.8 Å². The second-order valence-corrected chi connectivity index (χ2v) is 9.90. The fourth-order valence-electron chi connectivity index (χ4n) is 4.51. The lowest BCUT2D eigenvalue weighted by molar-refractivity contribution is 0.102. The topological polar surface area (TPSA) is 80.5 Å². The molecule has 9 heteroatoms. The summed E-state index contributed by atoms with van der Waals surface area (Å²) in [7, 11) is 1.98. The average molecular weight is 558 g/mol. The number of carbonyl (C=O) groups is 1. The summed E-state index contributed by atoms with van der Waals surface area (Å²) in [6.07, 6.45) is 1.79. The fraction of sp³-hybridized carbons (Fsp3) is 0.0312. The number of fused-ring (bicyclic) bond motifs is 1. The summed E-state index contributed by atoms with van der Waals surface area (Å²) in [5.74, 6) is 1.67. The smallest absolute Gasteiger partial charge is 0.259 e. The van der Waals surface area contributed by atoms with E-state index in [-0.39, 0.29) is 5.91 Å². The number of ether oxygens (including phenoxy) is 1. The van der Waals surface area contributed by atoms with Crippen molar-refractivity contribution in [2.45, 2.75) is 6.54 Å². The van der Waals surface area contributed by atoms with Crippen LogP contribution >= 0.6 is 11.6 Å². The van der Waals surface area contributed by atoms with Gasteiger partial charge in [-0.2, -0.15) is 9.61 Å². The molecule has 0 radical (unpaired) electrons. The third-order valence-electron chi connectivity index (χ3n) is 6.56. The molecule has 7 nitrogen and oxygen atoms in total. The fourth-order valence-corrected chi connectivity index (χ4v) is 4.75. The SMILES string of the molecule is Bc1cnn2c(NCc3cccc(NC(=O)c4ccccc4Oc4ccccc4)c3)cc(-c3ccccc3Cl)nc12. The minimum absolute atomic E-state index is 0.256. The van der Waals surface area contributed by atoms with Crippen molar-refractivity contribution in [1.82, 2.24) is 14.6 Å². The molecule has 0 aliphatic carbocycles. The summed E-state index contributed by atoms with van der Waals surface area (Å²) in [5.41, 5.74) is 5.42. The Hall–Kier alpha value is -5.08. The molecule has 0 fully saturated rings. The van der Waals surface area contributed by atoms with Crippen LogP contribution in [0.5, 0.6) is 11.5 Å². The number of nitrogens with zero attached hydrogens (tertiary/aromatic N) is 3. The largest absolute Gasteiger partial charge is 0.457 e. The molecule has 0 atom stereocenters. The Morgan fingerprint density at radius 2 is 1.68 bits per heavy atom. The van der Waals surface area contributed by atoms with Crippen LogP contribution in [-0.2, 0) is 6.54 Å². The molecule has 0 spiro atoms. The Morgan fingerprint density at radius 3 is 2.54 bits per heavy atom. The monoisotopic (exact) mass is 557 g/mol. The quantitative estimate of drug-likeness (QED) is 0.226. The van der Waals surface area contributed by atoms with Gasteiger partial charge in [0.2, 0.25) is 0 Å². The van der Waals surface area contributed by atoms with Gasteiger partial charge in [-0.3, -0.25) is 4.79 Å². The van der Waals surface area contributed by atoms with E-state index >= 15 is 0 Å². The number of anilines is 2. The Labute approximate surface area is 243 Å². The highest BCUT2D eigenvalue weighted by Gasteiger charge is 2.15. The molecule has 2 heterocycles. The predicted octanol–water partition coefficient (Wildman–Crippen LogP) is 5.96. The van der Waals surface area contributed by atoms with E-state index in [2.05, 4.69) is 15.7 Å². The number of rotatable bonds is 8. The first-order chi connectivity index (χ1) is 20.0. The molecule has 0 bridgehead atoms. The van der Waals surface area contributed by atoms with E-state index in [1.165, 1.54) is 0 Å². The molecule has 6 aromatic rings. The van der Waals surface area contributed by atoms with E-state index < -0.39 is 0 Å². The maximum Gasteiger partial charge on any atom is 0.259 e. The maximum absolute atomic E-state index is 13.2. The van der Waals surface area contributed by atoms with Gasteiger partial charge in [-0.05, 0) is 53.5 Å². The molecule has 200 valence electrons. The number of nitrogens with one attached hydrogen (secondary N) is 2. The van der Waals surface area contributed by atoms with E-state index in [0.29, 0.717) is 34.3 Å². The average Bonchev–Trinajstić information content (AvgIpc) is 3.37. The van der Waals surface area contributed by atoms with Crippen LogP contribution in [0.4, 0.5) is 11.5 Å². The van der Waals surface area contributed by atoms with Crippen LogP contribution in [0.15, 0.2) is 115 Å². The zero-order valence-electron chi connectivity index (χ0n) is 22.2. The van der Waals surface area contributed by atoms with Crippen molar-refractivity contribution in [2.24, 2.45) is 0 Å². The molecule has 41 heavy (non-hydrogen) atoms. The van der Waals surface area contributed by atoms with Crippen LogP contribution in [0.2, 0.25) is 5.02 Å². The maximum atomic E-state index is 13.2. The van der Waals surface area contributed by atoms with E-state index in [9.17, 15) is 4.79 Å². The number of halogens is 1. The van der Waals surface area contributed by atoms with Gasteiger partial charge < -0.3 is 15.4 Å². The van der Waals surface area contributed by atoms with E-state index in [4.69, 9.17) is 21.3 Å². The zero-order valence-corrected chi connectivity index (χ0v) is 23.0. The standard InChI is InChI=1S/C32H25BClN5O2/c33-26-20-36-39-30(18-28(38-31(26)39)24-13-4-6-15-27(24)34)35-19-21-9-8-10-22(17-21)37-32(40)25-14-5-7-16-29(25)41-23-11-2-1-3-12-23/h1-18,20,35H,19,33H2,(H,37,40). The molecular weight excluding hydrogens is 533 g/mol. The predicted molar refractivity (Wildman–Crippen MR) is 166 cm³/mol. The number of carbonyl (C=O) groups excluding carboxylic acids is 1. The van der Waals surface area contributed by atoms with Crippen molar-refractivity contribution in [3.8, 4) is 22.8 Å². The molecular formula is C32H25BClN5O2. The molecule has 0 aliphatic rings. The third-order valence-corrected chi connectivity index (χ3v) is 6.89. The van der Waals surface area contributed by atoms with Gasteiger partial charge in [0, 0.05) is 35.1 Å². The Balaban J connectivity index is 1.21. The lowest BCUT2D eigenvalue weighted by atomic mass is 10.0. The summed E-state index contributed by atoms with van der Waals surface area (Å²) in [5, 5.41) is 11.6. The first kappa shape index (κ1) is 26.2. The van der Waals surface area contributed by atoms with Crippen molar-refractivity contribution < 1.29 is 9.53 Å². The molecule has 0 saturated heterocycles. The van der Waals surface area contributed by atoms with Crippen LogP contribution < -0.4 is 20.8 Å². The molecule has 0 aliphatic heterocycles. The van der Waals surface area contributed by atoms with Crippen molar-refractivity contribution in [2.75, 3.05) is 10.6 Å².